The Balaban J connectivity index is 1.23. The van der Waals surface area contributed by atoms with Crippen LogP contribution in [0.3, 0.4) is 0 Å². The zero-order valence-electron chi connectivity index (χ0n) is 32.0. The molecule has 9 heteroatoms. The van der Waals surface area contributed by atoms with E-state index in [1.807, 2.05) is 127 Å². The molecule has 0 aliphatic heterocycles. The van der Waals surface area contributed by atoms with Crippen molar-refractivity contribution in [3.63, 3.8) is 0 Å². The molecule has 0 saturated heterocycles. The molecule has 8 nitrogen and oxygen atoms in total. The molecule has 1 aliphatic carbocycles. The van der Waals surface area contributed by atoms with Crippen LogP contribution in [0.15, 0.2) is 152 Å². The van der Waals surface area contributed by atoms with Crippen LogP contribution in [0.2, 0.25) is 0 Å². The summed E-state index contributed by atoms with van der Waals surface area (Å²) >= 11 is 1.32. The minimum Gasteiger partial charge on any atom is -0.460 e. The Labute approximate surface area is 333 Å². The minimum atomic E-state index is -1.07. The number of fused-ring (bicyclic) bond motifs is 3. The summed E-state index contributed by atoms with van der Waals surface area (Å²) in [6.07, 6.45) is 0.789. The van der Waals surface area contributed by atoms with Gasteiger partial charge in [-0.1, -0.05) is 152 Å². The third kappa shape index (κ3) is 9.41. The SMILES string of the molecule is C=CCOC(=O)[C@H](CSC[C@H](NC(=O)OCC1c2ccccc2-c2ccccc21)C(=O)OC(C)(C)C)NC(c1ccccc1)(c1ccccc1)c1ccccc1. The van der Waals surface area contributed by atoms with Crippen molar-refractivity contribution in [1.29, 1.82) is 0 Å². The molecule has 2 atom stereocenters. The van der Waals surface area contributed by atoms with Crippen molar-refractivity contribution in [1.82, 2.24) is 10.6 Å². The lowest BCUT2D eigenvalue weighted by Crippen LogP contribution is -2.54. The number of carbonyl (C=O) groups excluding carboxylic acids is 3. The Kier molecular flexibility index (Phi) is 13.1. The van der Waals surface area contributed by atoms with Crippen molar-refractivity contribution in [2.24, 2.45) is 0 Å². The molecule has 0 spiro atoms. The standard InChI is InChI=1S/C47H48N2O6S/c1-5-29-53-43(50)42(49-47(33-19-9-6-10-20-33,34-21-11-7-12-22-34)35-23-13-8-14-24-35)32-56-31-41(44(51)55-46(2,3)4)48-45(52)54-30-40-38-27-17-15-25-36(38)37-26-16-18-28-39(37)40/h5-28,40-42,49H,1,29-32H2,2-4H3,(H,48,52)/t41-,42-/m0/s1. The lowest BCUT2D eigenvalue weighted by atomic mass is 9.76. The highest BCUT2D eigenvalue weighted by Crippen LogP contribution is 2.44. The number of hydrogen-bond acceptors (Lipinski definition) is 8. The van der Waals surface area contributed by atoms with Gasteiger partial charge < -0.3 is 19.5 Å². The Morgan fingerprint density at radius 1 is 0.661 bits per heavy atom. The van der Waals surface area contributed by atoms with Crippen LogP contribution in [0.5, 0.6) is 0 Å². The van der Waals surface area contributed by atoms with E-state index in [9.17, 15) is 14.4 Å². The number of thioether (sulfide) groups is 1. The molecule has 1 amide bonds. The largest absolute Gasteiger partial charge is 0.460 e. The number of nitrogens with one attached hydrogen (secondary N) is 2. The molecule has 1 aliphatic rings. The van der Waals surface area contributed by atoms with Gasteiger partial charge in [-0.3, -0.25) is 10.1 Å². The fourth-order valence-corrected chi connectivity index (χ4v) is 8.16. The molecule has 0 radical (unpaired) electrons. The highest BCUT2D eigenvalue weighted by atomic mass is 32.2. The Bertz CT molecular complexity index is 1960. The maximum atomic E-state index is 13.9. The quantitative estimate of drug-likeness (QED) is 0.0445. The number of amides is 1. The number of rotatable bonds is 16. The van der Waals surface area contributed by atoms with Crippen molar-refractivity contribution >= 4 is 29.8 Å². The van der Waals surface area contributed by atoms with Crippen molar-refractivity contribution in [3.05, 3.63) is 180 Å². The molecule has 0 saturated carbocycles. The first kappa shape index (κ1) is 40.0. The molecule has 5 aromatic carbocycles. The molecule has 288 valence electrons. The van der Waals surface area contributed by atoms with Gasteiger partial charge in [-0.05, 0) is 59.7 Å². The van der Waals surface area contributed by atoms with E-state index in [1.165, 1.54) is 17.8 Å². The van der Waals surface area contributed by atoms with E-state index in [0.29, 0.717) is 0 Å². The van der Waals surface area contributed by atoms with E-state index in [2.05, 4.69) is 29.3 Å². The topological polar surface area (TPSA) is 103 Å². The highest BCUT2D eigenvalue weighted by Gasteiger charge is 2.40. The first-order valence-electron chi connectivity index (χ1n) is 18.7. The molecular formula is C47H48N2O6S. The zero-order valence-corrected chi connectivity index (χ0v) is 32.8. The minimum absolute atomic E-state index is 0.0283. The Morgan fingerprint density at radius 2 is 1.12 bits per heavy atom. The maximum absolute atomic E-state index is 13.9. The first-order valence-corrected chi connectivity index (χ1v) is 19.9. The summed E-state index contributed by atoms with van der Waals surface area (Å²) in [5.74, 6) is -0.945. The van der Waals surface area contributed by atoms with Gasteiger partial charge in [0.15, 0.2) is 0 Å². The first-order chi connectivity index (χ1) is 27.1. The normalized spacial score (nSPS) is 13.4. The van der Waals surface area contributed by atoms with E-state index in [-0.39, 0.29) is 30.6 Å². The van der Waals surface area contributed by atoms with Gasteiger partial charge in [0.2, 0.25) is 0 Å². The maximum Gasteiger partial charge on any atom is 0.407 e. The zero-order chi connectivity index (χ0) is 39.5. The number of hydrogen-bond donors (Lipinski definition) is 2. The van der Waals surface area contributed by atoms with Crippen molar-refractivity contribution in [2.75, 3.05) is 24.7 Å². The van der Waals surface area contributed by atoms with Crippen LogP contribution < -0.4 is 10.6 Å². The van der Waals surface area contributed by atoms with Gasteiger partial charge in [0.1, 0.15) is 30.9 Å². The van der Waals surface area contributed by atoms with E-state index >= 15 is 0 Å². The summed E-state index contributed by atoms with van der Waals surface area (Å²) in [6.45, 7) is 9.16. The molecule has 0 heterocycles. The predicted octanol–water partition coefficient (Wildman–Crippen LogP) is 8.65. The smallest absolute Gasteiger partial charge is 0.407 e. The van der Waals surface area contributed by atoms with Crippen molar-refractivity contribution < 1.29 is 28.6 Å². The highest BCUT2D eigenvalue weighted by molar-refractivity contribution is 7.99. The fraction of sp³-hybridized carbons (Fsp3) is 0.255. The number of esters is 2. The molecule has 56 heavy (non-hydrogen) atoms. The molecular weight excluding hydrogens is 721 g/mol. The molecule has 2 N–H and O–H groups in total. The third-order valence-corrected chi connectivity index (χ3v) is 10.7. The van der Waals surface area contributed by atoms with Crippen LogP contribution in [0.25, 0.3) is 11.1 Å². The average Bonchev–Trinajstić information content (AvgIpc) is 3.53. The fourth-order valence-electron chi connectivity index (χ4n) is 7.11. The summed E-state index contributed by atoms with van der Waals surface area (Å²) in [5.41, 5.74) is 5.40. The monoisotopic (exact) mass is 768 g/mol. The summed E-state index contributed by atoms with van der Waals surface area (Å²) in [4.78, 5) is 40.9. The molecule has 6 rings (SSSR count). The van der Waals surface area contributed by atoms with Crippen LogP contribution in [-0.2, 0) is 29.3 Å². The molecule has 0 unspecified atom stereocenters. The second kappa shape index (κ2) is 18.3. The van der Waals surface area contributed by atoms with Gasteiger partial charge >= 0.3 is 18.0 Å². The van der Waals surface area contributed by atoms with Gasteiger partial charge in [-0.25, -0.2) is 9.59 Å². The van der Waals surface area contributed by atoms with Crippen LogP contribution in [0.1, 0.15) is 54.5 Å². The Hall–Kier alpha value is -5.64. The summed E-state index contributed by atoms with van der Waals surface area (Å²) < 4.78 is 17.2. The molecule has 5 aromatic rings. The van der Waals surface area contributed by atoms with Gasteiger partial charge in [-0.2, -0.15) is 11.8 Å². The van der Waals surface area contributed by atoms with Gasteiger partial charge in [0.25, 0.3) is 0 Å². The number of carbonyl (C=O) groups is 3. The van der Waals surface area contributed by atoms with Crippen molar-refractivity contribution in [2.45, 2.75) is 49.9 Å². The number of ether oxygens (including phenoxy) is 3. The average molecular weight is 769 g/mol. The number of alkyl carbamates (subject to hydrolysis) is 1. The van der Waals surface area contributed by atoms with Gasteiger partial charge in [0, 0.05) is 17.4 Å². The van der Waals surface area contributed by atoms with Crippen LogP contribution in [0, 0.1) is 0 Å². The molecule has 0 aromatic heterocycles. The second-order valence-corrected chi connectivity index (χ2v) is 15.6. The molecule has 0 bridgehead atoms. The van der Waals surface area contributed by atoms with E-state index in [0.717, 1.165) is 38.9 Å². The van der Waals surface area contributed by atoms with Gasteiger partial charge in [-0.15, -0.1) is 0 Å². The van der Waals surface area contributed by atoms with Gasteiger partial charge in [0.05, 0.1) is 5.54 Å². The summed E-state index contributed by atoms with van der Waals surface area (Å²) in [7, 11) is 0. The third-order valence-electron chi connectivity index (χ3n) is 9.54. The van der Waals surface area contributed by atoms with Crippen molar-refractivity contribution in [3.8, 4) is 11.1 Å². The second-order valence-electron chi connectivity index (χ2n) is 14.6. The van der Waals surface area contributed by atoms with Crippen LogP contribution in [-0.4, -0.2) is 60.4 Å². The Morgan fingerprint density at radius 3 is 1.61 bits per heavy atom. The lowest BCUT2D eigenvalue weighted by Gasteiger charge is -2.39. The van der Waals surface area contributed by atoms with Crippen LogP contribution in [0.4, 0.5) is 4.79 Å². The number of benzene rings is 5. The molecule has 0 fully saturated rings. The van der Waals surface area contributed by atoms with E-state index in [1.54, 1.807) is 20.8 Å². The predicted molar refractivity (Wildman–Crippen MR) is 222 cm³/mol. The van der Waals surface area contributed by atoms with E-state index < -0.39 is 41.3 Å². The van der Waals surface area contributed by atoms with Crippen LogP contribution >= 0.6 is 11.8 Å². The summed E-state index contributed by atoms with van der Waals surface area (Å²) in [5, 5.41) is 6.49. The van der Waals surface area contributed by atoms with E-state index in [4.69, 9.17) is 14.2 Å². The summed E-state index contributed by atoms with van der Waals surface area (Å²) in [6, 6.07) is 44.1. The lowest BCUT2D eigenvalue weighted by molar-refractivity contribution is -0.156.